The van der Waals surface area contributed by atoms with Gasteiger partial charge in [0.1, 0.15) is 11.5 Å². The summed E-state index contributed by atoms with van der Waals surface area (Å²) < 4.78 is 11.6. The summed E-state index contributed by atoms with van der Waals surface area (Å²) in [6.07, 6.45) is 0. The Morgan fingerprint density at radius 1 is 1.19 bits per heavy atom. The quantitative estimate of drug-likeness (QED) is 0.709. The highest BCUT2D eigenvalue weighted by Crippen LogP contribution is 2.34. The molecule has 0 aliphatic carbocycles. The third-order valence-electron chi connectivity index (χ3n) is 4.71. The van der Waals surface area contributed by atoms with E-state index in [-0.39, 0.29) is 11.8 Å². The van der Waals surface area contributed by atoms with Gasteiger partial charge in [0.05, 0.1) is 30.4 Å². The Bertz CT molecular complexity index is 966. The van der Waals surface area contributed by atoms with E-state index in [0.717, 1.165) is 32.4 Å². The lowest BCUT2D eigenvalue weighted by Crippen LogP contribution is -2.53. The summed E-state index contributed by atoms with van der Waals surface area (Å²) in [5, 5.41) is 3.96. The molecule has 0 atom stereocenters. The predicted molar refractivity (Wildman–Crippen MR) is 107 cm³/mol. The molecule has 0 spiro atoms. The Hall–Kier alpha value is -2.80. The van der Waals surface area contributed by atoms with Gasteiger partial charge >= 0.3 is 0 Å². The fraction of sp³-hybridized carbons (Fsp3) is 0.300. The topological polar surface area (TPSA) is 63.7 Å². The van der Waals surface area contributed by atoms with Gasteiger partial charge in [-0.3, -0.25) is 4.79 Å². The number of carbonyl (C=O) groups excluding carboxylic acids is 1. The van der Waals surface area contributed by atoms with Crippen molar-refractivity contribution in [2.45, 2.75) is 6.54 Å². The van der Waals surface area contributed by atoms with Crippen molar-refractivity contribution in [2.24, 2.45) is 5.92 Å². The standard InChI is InChI=1S/C20H21N3O3S/c1-25-15-5-3-4-13(8-15)10-21-19(24)14-11-23(12-14)20-22-17-7-6-16(26-2)9-18(17)27-20/h3-9,14H,10-12H2,1-2H3,(H,21,24). The van der Waals surface area contributed by atoms with Crippen LogP contribution in [0.2, 0.25) is 0 Å². The van der Waals surface area contributed by atoms with Crippen LogP contribution in [0.4, 0.5) is 5.13 Å². The van der Waals surface area contributed by atoms with Crippen LogP contribution in [-0.4, -0.2) is 38.2 Å². The average molecular weight is 383 g/mol. The Morgan fingerprint density at radius 2 is 1.96 bits per heavy atom. The molecule has 7 heteroatoms. The second kappa shape index (κ2) is 7.44. The third-order valence-corrected chi connectivity index (χ3v) is 5.79. The van der Waals surface area contributed by atoms with Gasteiger partial charge in [0.25, 0.3) is 0 Å². The molecule has 0 radical (unpaired) electrons. The number of benzene rings is 2. The van der Waals surface area contributed by atoms with E-state index in [1.54, 1.807) is 25.6 Å². The Kier molecular flexibility index (Phi) is 4.85. The molecule has 27 heavy (non-hydrogen) atoms. The van der Waals surface area contributed by atoms with Crippen LogP contribution >= 0.6 is 11.3 Å². The summed E-state index contributed by atoms with van der Waals surface area (Å²) in [4.78, 5) is 19.2. The van der Waals surface area contributed by atoms with E-state index >= 15 is 0 Å². The molecule has 2 heterocycles. The lowest BCUT2D eigenvalue weighted by Gasteiger charge is -2.37. The fourth-order valence-electron chi connectivity index (χ4n) is 3.07. The largest absolute Gasteiger partial charge is 0.497 e. The second-order valence-electron chi connectivity index (χ2n) is 6.50. The number of fused-ring (bicyclic) bond motifs is 1. The van der Waals surface area contributed by atoms with Gasteiger partial charge in [0.2, 0.25) is 5.91 Å². The second-order valence-corrected chi connectivity index (χ2v) is 7.51. The van der Waals surface area contributed by atoms with Crippen LogP contribution < -0.4 is 19.7 Å². The molecule has 0 unspecified atom stereocenters. The van der Waals surface area contributed by atoms with Crippen LogP contribution in [-0.2, 0) is 11.3 Å². The highest BCUT2D eigenvalue weighted by atomic mass is 32.1. The van der Waals surface area contributed by atoms with Crippen LogP contribution in [0.25, 0.3) is 10.2 Å². The normalized spacial score (nSPS) is 14.1. The summed E-state index contributed by atoms with van der Waals surface area (Å²) in [6, 6.07) is 13.6. The summed E-state index contributed by atoms with van der Waals surface area (Å²) in [5.74, 6) is 1.70. The van der Waals surface area contributed by atoms with Gasteiger partial charge in [-0.15, -0.1) is 0 Å². The number of nitrogens with zero attached hydrogens (tertiary/aromatic N) is 2. The molecule has 2 aromatic carbocycles. The van der Waals surface area contributed by atoms with Gasteiger partial charge in [-0.2, -0.15) is 0 Å². The van der Waals surface area contributed by atoms with Crippen molar-refractivity contribution >= 4 is 32.6 Å². The third kappa shape index (κ3) is 3.68. The first-order valence-electron chi connectivity index (χ1n) is 8.76. The summed E-state index contributed by atoms with van der Waals surface area (Å²) in [5.41, 5.74) is 1.99. The Labute approximate surface area is 161 Å². The molecular weight excluding hydrogens is 362 g/mol. The maximum atomic E-state index is 12.4. The Morgan fingerprint density at radius 3 is 2.74 bits per heavy atom. The SMILES string of the molecule is COc1cccc(CNC(=O)C2CN(c3nc4ccc(OC)cc4s3)C2)c1. The first kappa shape index (κ1) is 17.6. The zero-order valence-electron chi connectivity index (χ0n) is 15.3. The maximum absolute atomic E-state index is 12.4. The summed E-state index contributed by atoms with van der Waals surface area (Å²) in [6.45, 7) is 1.90. The molecule has 1 aliphatic heterocycles. The number of aromatic nitrogens is 1. The number of nitrogens with one attached hydrogen (secondary N) is 1. The number of amides is 1. The highest BCUT2D eigenvalue weighted by molar-refractivity contribution is 7.22. The van der Waals surface area contributed by atoms with Crippen LogP contribution in [0.5, 0.6) is 11.5 Å². The number of anilines is 1. The van der Waals surface area contributed by atoms with Crippen molar-refractivity contribution in [3.63, 3.8) is 0 Å². The van der Waals surface area contributed by atoms with E-state index in [9.17, 15) is 4.79 Å². The molecule has 140 valence electrons. The molecule has 1 aromatic heterocycles. The number of hydrogen-bond acceptors (Lipinski definition) is 6. The van der Waals surface area contributed by atoms with Crippen molar-refractivity contribution in [2.75, 3.05) is 32.2 Å². The van der Waals surface area contributed by atoms with Gasteiger partial charge in [-0.1, -0.05) is 23.5 Å². The molecular formula is C20H21N3O3S. The molecule has 0 saturated carbocycles. The number of methoxy groups -OCH3 is 2. The van der Waals surface area contributed by atoms with Crippen LogP contribution in [0, 0.1) is 5.92 Å². The van der Waals surface area contributed by atoms with Gasteiger partial charge in [0, 0.05) is 19.6 Å². The Balaban J connectivity index is 1.32. The molecule has 3 aromatic rings. The van der Waals surface area contributed by atoms with E-state index in [0.29, 0.717) is 19.6 Å². The van der Waals surface area contributed by atoms with Crippen LogP contribution in [0.3, 0.4) is 0 Å². The van der Waals surface area contributed by atoms with Gasteiger partial charge in [0.15, 0.2) is 5.13 Å². The lowest BCUT2D eigenvalue weighted by atomic mass is 10.00. The summed E-state index contributed by atoms with van der Waals surface area (Å²) in [7, 11) is 3.30. The van der Waals surface area contributed by atoms with Gasteiger partial charge in [-0.05, 0) is 35.9 Å². The first-order valence-corrected chi connectivity index (χ1v) is 9.58. The lowest BCUT2D eigenvalue weighted by molar-refractivity contribution is -0.125. The van der Waals surface area contributed by atoms with E-state index in [2.05, 4.69) is 15.2 Å². The van der Waals surface area contributed by atoms with Crippen molar-refractivity contribution in [1.82, 2.24) is 10.3 Å². The molecule has 6 nitrogen and oxygen atoms in total. The fourth-order valence-corrected chi connectivity index (χ4v) is 4.08. The van der Waals surface area contributed by atoms with Gasteiger partial charge in [-0.25, -0.2) is 4.98 Å². The van der Waals surface area contributed by atoms with Crippen molar-refractivity contribution < 1.29 is 14.3 Å². The molecule has 1 fully saturated rings. The minimum Gasteiger partial charge on any atom is -0.497 e. The number of thiazole rings is 1. The number of ether oxygens (including phenoxy) is 2. The number of hydrogen-bond donors (Lipinski definition) is 1. The predicted octanol–water partition coefficient (Wildman–Crippen LogP) is 3.07. The minimum absolute atomic E-state index is 0.00263. The molecule has 1 N–H and O–H groups in total. The molecule has 1 aliphatic rings. The van der Waals surface area contributed by atoms with E-state index in [4.69, 9.17) is 9.47 Å². The van der Waals surface area contributed by atoms with Crippen LogP contribution in [0.1, 0.15) is 5.56 Å². The monoisotopic (exact) mass is 383 g/mol. The smallest absolute Gasteiger partial charge is 0.226 e. The zero-order valence-corrected chi connectivity index (χ0v) is 16.1. The first-order chi connectivity index (χ1) is 13.2. The zero-order chi connectivity index (χ0) is 18.8. The molecule has 1 amide bonds. The summed E-state index contributed by atoms with van der Waals surface area (Å²) >= 11 is 1.63. The van der Waals surface area contributed by atoms with Crippen molar-refractivity contribution in [3.05, 3.63) is 48.0 Å². The van der Waals surface area contributed by atoms with E-state index in [1.807, 2.05) is 42.5 Å². The number of rotatable bonds is 6. The molecule has 1 saturated heterocycles. The minimum atomic E-state index is -0.00263. The van der Waals surface area contributed by atoms with Gasteiger partial charge < -0.3 is 19.7 Å². The van der Waals surface area contributed by atoms with E-state index < -0.39 is 0 Å². The highest BCUT2D eigenvalue weighted by Gasteiger charge is 2.34. The van der Waals surface area contributed by atoms with Crippen molar-refractivity contribution in [3.8, 4) is 11.5 Å². The van der Waals surface area contributed by atoms with Crippen LogP contribution in [0.15, 0.2) is 42.5 Å². The average Bonchev–Trinajstić information content (AvgIpc) is 3.07. The van der Waals surface area contributed by atoms with Crippen molar-refractivity contribution in [1.29, 1.82) is 0 Å². The maximum Gasteiger partial charge on any atom is 0.226 e. The molecule has 4 rings (SSSR count). The van der Waals surface area contributed by atoms with E-state index in [1.165, 1.54) is 0 Å². The number of carbonyl (C=O) groups is 1. The molecule has 0 bridgehead atoms.